The van der Waals surface area contributed by atoms with Gasteiger partial charge in [-0.15, -0.1) is 0 Å². The second-order valence-corrected chi connectivity index (χ2v) is 4.52. The number of rotatable bonds is 5. The van der Waals surface area contributed by atoms with Crippen LogP contribution >= 0.6 is 15.9 Å². The van der Waals surface area contributed by atoms with Crippen LogP contribution in [0.3, 0.4) is 0 Å². The van der Waals surface area contributed by atoms with Gasteiger partial charge in [0.15, 0.2) is 0 Å². The average molecular weight is 286 g/mol. The molecule has 88 valence electrons. The van der Waals surface area contributed by atoms with Gasteiger partial charge in [0.05, 0.1) is 6.54 Å². The fourth-order valence-electron chi connectivity index (χ4n) is 1.05. The maximum absolute atomic E-state index is 11.5. The fourth-order valence-corrected chi connectivity index (χ4v) is 1.28. The van der Waals surface area contributed by atoms with E-state index >= 15 is 0 Å². The van der Waals surface area contributed by atoms with Crippen LogP contribution in [-0.2, 0) is 4.79 Å². The predicted molar refractivity (Wildman–Crippen MR) is 68.3 cm³/mol. The van der Waals surface area contributed by atoms with Gasteiger partial charge >= 0.3 is 0 Å². The lowest BCUT2D eigenvalue weighted by atomic mass is 10.2. The van der Waals surface area contributed by atoms with Gasteiger partial charge in [-0.2, -0.15) is 0 Å². The molecule has 0 spiro atoms. The third-order valence-electron chi connectivity index (χ3n) is 2.22. The highest BCUT2D eigenvalue weighted by molar-refractivity contribution is 9.10. The van der Waals surface area contributed by atoms with Crippen molar-refractivity contribution in [3.8, 4) is 0 Å². The van der Waals surface area contributed by atoms with Gasteiger partial charge in [-0.3, -0.25) is 4.79 Å². The summed E-state index contributed by atoms with van der Waals surface area (Å²) in [6, 6.07) is 3.94. The van der Waals surface area contributed by atoms with Crippen LogP contribution in [0.1, 0.15) is 20.3 Å². The molecular formula is C11H16BrN3O. The summed E-state index contributed by atoms with van der Waals surface area (Å²) in [5.41, 5.74) is 0. The standard InChI is InChI=1S/C11H16BrN3O/c1-3-8(2)13-7-11(16)15-10-5-4-9(12)6-14-10/h4-6,8,13H,3,7H2,1-2H3,(H,14,15,16). The lowest BCUT2D eigenvalue weighted by molar-refractivity contribution is -0.115. The summed E-state index contributed by atoms with van der Waals surface area (Å²) in [5, 5.41) is 5.83. The molecule has 0 aliphatic carbocycles. The maximum Gasteiger partial charge on any atom is 0.239 e. The number of carbonyl (C=O) groups excluding carboxylic acids is 1. The van der Waals surface area contributed by atoms with E-state index in [4.69, 9.17) is 0 Å². The molecule has 0 saturated carbocycles. The van der Waals surface area contributed by atoms with Crippen LogP contribution in [0, 0.1) is 0 Å². The van der Waals surface area contributed by atoms with Crippen LogP contribution in [0.25, 0.3) is 0 Å². The number of nitrogens with one attached hydrogen (secondary N) is 2. The van der Waals surface area contributed by atoms with Crippen molar-refractivity contribution in [2.45, 2.75) is 26.3 Å². The lowest BCUT2D eigenvalue weighted by Crippen LogP contribution is -2.34. The highest BCUT2D eigenvalue weighted by Crippen LogP contribution is 2.10. The predicted octanol–water partition coefficient (Wildman–Crippen LogP) is 2.17. The van der Waals surface area contributed by atoms with Crippen molar-refractivity contribution in [1.82, 2.24) is 10.3 Å². The van der Waals surface area contributed by atoms with Crippen LogP contribution in [0.4, 0.5) is 5.82 Å². The van der Waals surface area contributed by atoms with Gasteiger partial charge in [0.2, 0.25) is 5.91 Å². The number of carbonyl (C=O) groups is 1. The first-order valence-corrected chi connectivity index (χ1v) is 6.06. The van der Waals surface area contributed by atoms with Crippen molar-refractivity contribution in [2.75, 3.05) is 11.9 Å². The lowest BCUT2D eigenvalue weighted by Gasteiger charge is -2.10. The Kier molecular flexibility index (Phi) is 5.42. The van der Waals surface area contributed by atoms with E-state index in [-0.39, 0.29) is 5.91 Å². The fraction of sp³-hybridized carbons (Fsp3) is 0.455. The Morgan fingerprint density at radius 2 is 2.31 bits per heavy atom. The summed E-state index contributed by atoms with van der Waals surface area (Å²) < 4.78 is 0.892. The SMILES string of the molecule is CCC(C)NCC(=O)Nc1ccc(Br)cn1. The maximum atomic E-state index is 11.5. The number of halogens is 1. The molecule has 0 aliphatic heterocycles. The normalized spacial score (nSPS) is 12.2. The highest BCUT2D eigenvalue weighted by atomic mass is 79.9. The number of pyridine rings is 1. The van der Waals surface area contributed by atoms with Crippen molar-refractivity contribution in [1.29, 1.82) is 0 Å². The van der Waals surface area contributed by atoms with Crippen LogP contribution in [-0.4, -0.2) is 23.5 Å². The number of anilines is 1. The third-order valence-corrected chi connectivity index (χ3v) is 2.69. The van der Waals surface area contributed by atoms with Crippen molar-refractivity contribution in [3.05, 3.63) is 22.8 Å². The average Bonchev–Trinajstić information content (AvgIpc) is 2.29. The van der Waals surface area contributed by atoms with Gasteiger partial charge in [-0.05, 0) is 41.4 Å². The molecule has 1 aromatic heterocycles. The molecule has 1 heterocycles. The quantitative estimate of drug-likeness (QED) is 0.872. The number of hydrogen-bond acceptors (Lipinski definition) is 3. The molecule has 1 rings (SSSR count). The number of hydrogen-bond donors (Lipinski definition) is 2. The zero-order valence-corrected chi connectivity index (χ0v) is 11.0. The van der Waals surface area contributed by atoms with E-state index in [0.29, 0.717) is 18.4 Å². The number of amides is 1. The summed E-state index contributed by atoms with van der Waals surface area (Å²) in [5.74, 6) is 0.495. The second-order valence-electron chi connectivity index (χ2n) is 3.60. The Labute approximate surface area is 104 Å². The molecule has 4 nitrogen and oxygen atoms in total. The molecule has 5 heteroatoms. The van der Waals surface area contributed by atoms with Crippen molar-refractivity contribution >= 4 is 27.7 Å². The first kappa shape index (κ1) is 13.1. The second kappa shape index (κ2) is 6.60. The summed E-state index contributed by atoms with van der Waals surface area (Å²) >= 11 is 3.28. The van der Waals surface area contributed by atoms with Gasteiger partial charge in [0.1, 0.15) is 5.82 Å². The van der Waals surface area contributed by atoms with Gasteiger partial charge in [0, 0.05) is 16.7 Å². The molecule has 0 saturated heterocycles. The van der Waals surface area contributed by atoms with E-state index in [1.807, 2.05) is 13.0 Å². The molecule has 0 aliphatic rings. The Morgan fingerprint density at radius 1 is 1.56 bits per heavy atom. The highest BCUT2D eigenvalue weighted by Gasteiger charge is 2.04. The van der Waals surface area contributed by atoms with Gasteiger partial charge in [0.25, 0.3) is 0 Å². The largest absolute Gasteiger partial charge is 0.310 e. The number of aromatic nitrogens is 1. The Balaban J connectivity index is 2.37. The molecule has 0 aromatic carbocycles. The molecular weight excluding hydrogens is 270 g/mol. The molecule has 16 heavy (non-hydrogen) atoms. The van der Waals surface area contributed by atoms with E-state index < -0.39 is 0 Å². The first-order valence-electron chi connectivity index (χ1n) is 5.26. The van der Waals surface area contributed by atoms with Crippen LogP contribution in [0.5, 0.6) is 0 Å². The summed E-state index contributed by atoms with van der Waals surface area (Å²) in [7, 11) is 0. The summed E-state index contributed by atoms with van der Waals surface area (Å²) in [6.07, 6.45) is 2.65. The van der Waals surface area contributed by atoms with E-state index in [1.54, 1.807) is 12.3 Å². The minimum absolute atomic E-state index is 0.0740. The van der Waals surface area contributed by atoms with Crippen molar-refractivity contribution in [2.24, 2.45) is 0 Å². The Morgan fingerprint density at radius 3 is 2.88 bits per heavy atom. The molecule has 0 radical (unpaired) electrons. The molecule has 1 atom stereocenters. The van der Waals surface area contributed by atoms with Crippen LogP contribution in [0.2, 0.25) is 0 Å². The van der Waals surface area contributed by atoms with Gasteiger partial charge in [-0.25, -0.2) is 4.98 Å². The summed E-state index contributed by atoms with van der Waals surface area (Å²) in [4.78, 5) is 15.6. The molecule has 0 fully saturated rings. The van der Waals surface area contributed by atoms with Crippen molar-refractivity contribution < 1.29 is 4.79 Å². The van der Waals surface area contributed by atoms with E-state index in [0.717, 1.165) is 10.9 Å². The molecule has 1 amide bonds. The third kappa shape index (κ3) is 4.72. The smallest absolute Gasteiger partial charge is 0.239 e. The van der Waals surface area contributed by atoms with Gasteiger partial charge < -0.3 is 10.6 Å². The first-order chi connectivity index (χ1) is 7.61. The zero-order chi connectivity index (χ0) is 12.0. The van der Waals surface area contributed by atoms with E-state index in [2.05, 4.69) is 38.5 Å². The molecule has 1 unspecified atom stereocenters. The zero-order valence-electron chi connectivity index (χ0n) is 9.46. The van der Waals surface area contributed by atoms with E-state index in [9.17, 15) is 4.79 Å². The Hall–Kier alpha value is -0.940. The molecule has 1 aromatic rings. The minimum Gasteiger partial charge on any atom is -0.310 e. The topological polar surface area (TPSA) is 54.0 Å². The molecule has 2 N–H and O–H groups in total. The summed E-state index contributed by atoms with van der Waals surface area (Å²) in [6.45, 7) is 4.43. The monoisotopic (exact) mass is 285 g/mol. The van der Waals surface area contributed by atoms with Crippen LogP contribution in [0.15, 0.2) is 22.8 Å². The minimum atomic E-state index is -0.0740. The molecule has 0 bridgehead atoms. The van der Waals surface area contributed by atoms with E-state index in [1.165, 1.54) is 0 Å². The van der Waals surface area contributed by atoms with Crippen molar-refractivity contribution in [3.63, 3.8) is 0 Å². The number of nitrogens with zero attached hydrogens (tertiary/aromatic N) is 1. The van der Waals surface area contributed by atoms with Crippen LogP contribution < -0.4 is 10.6 Å². The Bertz CT molecular complexity index is 340. The van der Waals surface area contributed by atoms with Gasteiger partial charge in [-0.1, -0.05) is 6.92 Å².